The highest BCUT2D eigenvalue weighted by Gasteiger charge is 2.31. The molecule has 2 amide bonds. The summed E-state index contributed by atoms with van der Waals surface area (Å²) in [6.45, 7) is 6.02. The molecule has 1 N–H and O–H groups in total. The minimum Gasteiger partial charge on any atom is -0.383 e. The summed E-state index contributed by atoms with van der Waals surface area (Å²) < 4.78 is 5.14. The number of nitrogens with one attached hydrogen (secondary N) is 1. The molecule has 1 aromatic heterocycles. The van der Waals surface area contributed by atoms with E-state index in [1.807, 2.05) is 9.80 Å². The maximum Gasteiger partial charge on any atom is 0.274 e. The van der Waals surface area contributed by atoms with Gasteiger partial charge < -0.3 is 14.5 Å². The van der Waals surface area contributed by atoms with E-state index >= 15 is 0 Å². The Balaban J connectivity index is 1.33. The van der Waals surface area contributed by atoms with Gasteiger partial charge in [-0.2, -0.15) is 5.10 Å². The van der Waals surface area contributed by atoms with Crippen LogP contribution in [0.2, 0.25) is 0 Å². The molecule has 1 aliphatic carbocycles. The predicted octanol–water partition coefficient (Wildman–Crippen LogP) is 1.28. The molecule has 4 rings (SSSR count). The summed E-state index contributed by atoms with van der Waals surface area (Å²) in [7, 11) is 1.71. The van der Waals surface area contributed by atoms with Crippen molar-refractivity contribution in [2.45, 2.75) is 45.1 Å². The largest absolute Gasteiger partial charge is 0.383 e. The third kappa shape index (κ3) is 4.64. The third-order valence-electron chi connectivity index (χ3n) is 6.70. The van der Waals surface area contributed by atoms with Crippen LogP contribution < -0.4 is 0 Å². The van der Waals surface area contributed by atoms with Crippen LogP contribution >= 0.6 is 0 Å². The van der Waals surface area contributed by atoms with Gasteiger partial charge in [-0.15, -0.1) is 0 Å². The fourth-order valence-corrected chi connectivity index (χ4v) is 4.84. The van der Waals surface area contributed by atoms with E-state index in [1.165, 1.54) is 25.7 Å². The maximum atomic E-state index is 13.0. The molecule has 0 aromatic carbocycles. The smallest absolute Gasteiger partial charge is 0.274 e. The van der Waals surface area contributed by atoms with Crippen molar-refractivity contribution in [3.05, 3.63) is 17.0 Å². The van der Waals surface area contributed by atoms with Crippen molar-refractivity contribution in [2.75, 3.05) is 53.0 Å². The van der Waals surface area contributed by atoms with Crippen LogP contribution in [0.5, 0.6) is 0 Å². The minimum atomic E-state index is 0.0135. The number of aromatic nitrogens is 2. The fourth-order valence-electron chi connectivity index (χ4n) is 4.84. The summed E-state index contributed by atoms with van der Waals surface area (Å²) in [5.74, 6) is 0.821. The molecule has 1 saturated heterocycles. The second-order valence-electron chi connectivity index (χ2n) is 8.58. The Labute approximate surface area is 172 Å². The zero-order valence-corrected chi connectivity index (χ0v) is 17.5. The van der Waals surface area contributed by atoms with E-state index in [1.54, 1.807) is 7.11 Å². The van der Waals surface area contributed by atoms with Crippen LogP contribution in [0.3, 0.4) is 0 Å². The number of ether oxygens (including phenoxy) is 1. The molecule has 0 spiro atoms. The Morgan fingerprint density at radius 3 is 2.59 bits per heavy atom. The zero-order valence-electron chi connectivity index (χ0n) is 17.5. The number of fused-ring (bicyclic) bond motifs is 1. The molecule has 0 radical (unpaired) electrons. The normalized spacial score (nSPS) is 20.9. The summed E-state index contributed by atoms with van der Waals surface area (Å²) in [6.07, 6.45) is 6.27. The Hall–Kier alpha value is -1.93. The summed E-state index contributed by atoms with van der Waals surface area (Å²) >= 11 is 0. The quantitative estimate of drug-likeness (QED) is 0.774. The molecule has 0 atom stereocenters. The molecule has 0 bridgehead atoms. The summed E-state index contributed by atoms with van der Waals surface area (Å²) in [5.41, 5.74) is 2.48. The van der Waals surface area contributed by atoms with E-state index in [9.17, 15) is 9.59 Å². The summed E-state index contributed by atoms with van der Waals surface area (Å²) in [5, 5.41) is 7.39. The van der Waals surface area contributed by atoms with Gasteiger partial charge in [-0.25, -0.2) is 0 Å². The van der Waals surface area contributed by atoms with Crippen LogP contribution in [0, 0.1) is 5.92 Å². The molecule has 0 unspecified atom stereocenters. The van der Waals surface area contributed by atoms with Crippen molar-refractivity contribution in [1.29, 1.82) is 0 Å². The Bertz CT molecular complexity index is 720. The van der Waals surface area contributed by atoms with Crippen LogP contribution in [0.25, 0.3) is 0 Å². The number of carbonyl (C=O) groups is 2. The van der Waals surface area contributed by atoms with E-state index in [0.717, 1.165) is 50.6 Å². The van der Waals surface area contributed by atoms with Crippen molar-refractivity contribution in [3.63, 3.8) is 0 Å². The number of rotatable bonds is 6. The maximum absolute atomic E-state index is 13.0. The van der Waals surface area contributed by atoms with Crippen molar-refractivity contribution in [2.24, 2.45) is 5.92 Å². The van der Waals surface area contributed by atoms with E-state index in [2.05, 4.69) is 15.1 Å². The lowest BCUT2D eigenvalue weighted by Crippen LogP contribution is -2.49. The van der Waals surface area contributed by atoms with E-state index < -0.39 is 0 Å². The molecule has 1 aromatic rings. The fraction of sp³-hybridized carbons (Fsp3) is 0.762. The molecular weight excluding hydrogens is 370 g/mol. The molecule has 160 valence electrons. The summed E-state index contributed by atoms with van der Waals surface area (Å²) in [6, 6.07) is 0. The molecule has 1 saturated carbocycles. The number of amides is 2. The third-order valence-corrected chi connectivity index (χ3v) is 6.70. The van der Waals surface area contributed by atoms with E-state index in [-0.39, 0.29) is 11.8 Å². The van der Waals surface area contributed by atoms with Gasteiger partial charge in [0.05, 0.1) is 18.8 Å². The highest BCUT2D eigenvalue weighted by atomic mass is 16.5. The van der Waals surface area contributed by atoms with Gasteiger partial charge in [0.15, 0.2) is 5.69 Å². The number of hydrogen-bond acceptors (Lipinski definition) is 5. The van der Waals surface area contributed by atoms with Gasteiger partial charge in [0.2, 0.25) is 5.91 Å². The SMILES string of the molecule is COCCN1CCN(C(=O)c2n[nH]c3c2CCN(C(=O)CC2CCCC2)C3)CC1. The zero-order chi connectivity index (χ0) is 20.2. The lowest BCUT2D eigenvalue weighted by atomic mass is 10.00. The standard InChI is InChI=1S/C21H33N5O3/c1-29-13-12-24-8-10-25(11-9-24)21(28)20-17-6-7-26(15-18(17)22-23-20)19(27)14-16-4-2-3-5-16/h16H,2-15H2,1H3,(H,22,23). The van der Waals surface area contributed by atoms with Gasteiger partial charge in [-0.1, -0.05) is 12.8 Å². The first-order valence-electron chi connectivity index (χ1n) is 11.0. The lowest BCUT2D eigenvalue weighted by molar-refractivity contribution is -0.133. The number of carbonyl (C=O) groups excluding carboxylic acids is 2. The van der Waals surface area contributed by atoms with Crippen LogP contribution in [0.1, 0.15) is 53.8 Å². The average Bonchev–Trinajstić information content (AvgIpc) is 3.41. The average molecular weight is 404 g/mol. The molecule has 3 heterocycles. The molecule has 8 nitrogen and oxygen atoms in total. The van der Waals surface area contributed by atoms with Crippen LogP contribution in [0.15, 0.2) is 0 Å². The Kier molecular flexibility index (Phi) is 6.50. The number of H-pyrrole nitrogens is 1. The van der Waals surface area contributed by atoms with Gasteiger partial charge in [0, 0.05) is 58.4 Å². The number of hydrogen-bond donors (Lipinski definition) is 1. The van der Waals surface area contributed by atoms with E-state index in [4.69, 9.17) is 4.74 Å². The van der Waals surface area contributed by atoms with Gasteiger partial charge in [-0.05, 0) is 25.2 Å². The van der Waals surface area contributed by atoms with Gasteiger partial charge in [0.1, 0.15) is 0 Å². The highest BCUT2D eigenvalue weighted by molar-refractivity contribution is 5.94. The minimum absolute atomic E-state index is 0.0135. The summed E-state index contributed by atoms with van der Waals surface area (Å²) in [4.78, 5) is 31.8. The number of aromatic amines is 1. The molecule has 29 heavy (non-hydrogen) atoms. The van der Waals surface area contributed by atoms with E-state index in [0.29, 0.717) is 37.5 Å². The van der Waals surface area contributed by atoms with Crippen molar-refractivity contribution >= 4 is 11.8 Å². The number of methoxy groups -OCH3 is 1. The van der Waals surface area contributed by atoms with Crippen LogP contribution in [-0.2, 0) is 22.5 Å². The van der Waals surface area contributed by atoms with Crippen molar-refractivity contribution < 1.29 is 14.3 Å². The second kappa shape index (κ2) is 9.26. The Morgan fingerprint density at radius 1 is 1.10 bits per heavy atom. The predicted molar refractivity (Wildman–Crippen MR) is 109 cm³/mol. The molecule has 2 aliphatic heterocycles. The van der Waals surface area contributed by atoms with Crippen molar-refractivity contribution in [1.82, 2.24) is 24.9 Å². The molecule has 3 aliphatic rings. The lowest BCUT2D eigenvalue weighted by Gasteiger charge is -2.34. The highest BCUT2D eigenvalue weighted by Crippen LogP contribution is 2.29. The van der Waals surface area contributed by atoms with Gasteiger partial charge in [0.25, 0.3) is 5.91 Å². The number of piperazine rings is 1. The molecule has 8 heteroatoms. The second-order valence-corrected chi connectivity index (χ2v) is 8.58. The van der Waals surface area contributed by atoms with Crippen molar-refractivity contribution in [3.8, 4) is 0 Å². The van der Waals surface area contributed by atoms with Crippen LogP contribution in [-0.4, -0.2) is 89.7 Å². The van der Waals surface area contributed by atoms with Gasteiger partial charge >= 0.3 is 0 Å². The topological polar surface area (TPSA) is 81.8 Å². The first-order valence-corrected chi connectivity index (χ1v) is 11.0. The Morgan fingerprint density at radius 2 is 1.86 bits per heavy atom. The van der Waals surface area contributed by atoms with Crippen LogP contribution in [0.4, 0.5) is 0 Å². The molecular formula is C21H33N5O3. The molecule has 2 fully saturated rings. The first-order chi connectivity index (χ1) is 14.2. The monoisotopic (exact) mass is 403 g/mol. The van der Waals surface area contributed by atoms with Gasteiger partial charge in [-0.3, -0.25) is 19.6 Å². The first kappa shape index (κ1) is 20.3. The number of nitrogens with zero attached hydrogens (tertiary/aromatic N) is 4.